The molecule has 6 nitrogen and oxygen atoms in total. The van der Waals surface area contributed by atoms with Gasteiger partial charge in [0.25, 0.3) is 10.0 Å². The third kappa shape index (κ3) is 3.98. The first-order valence-electron chi connectivity index (χ1n) is 8.66. The second-order valence-electron chi connectivity index (χ2n) is 6.51. The Morgan fingerprint density at radius 1 is 1.03 bits per heavy atom. The molecule has 2 N–H and O–H groups in total. The highest BCUT2D eigenvalue weighted by Crippen LogP contribution is 2.31. The van der Waals surface area contributed by atoms with Crippen LogP contribution in [0.15, 0.2) is 71.6 Å². The number of fused-ring (bicyclic) bond motifs is 1. The van der Waals surface area contributed by atoms with Crippen LogP contribution in [-0.2, 0) is 10.0 Å². The van der Waals surface area contributed by atoms with Gasteiger partial charge in [-0.05, 0) is 67.1 Å². The number of carboxylic acid groups (broad SMARTS) is 1. The first kappa shape index (κ1) is 19.1. The molecule has 0 amide bonds. The number of nitrogens with one attached hydrogen (secondary N) is 1. The number of carbonyl (C=O) groups is 1. The van der Waals surface area contributed by atoms with Crippen LogP contribution in [0.4, 0.5) is 5.69 Å². The van der Waals surface area contributed by atoms with Crippen molar-refractivity contribution < 1.29 is 18.3 Å². The second kappa shape index (κ2) is 7.31. The molecule has 0 unspecified atom stereocenters. The topological polar surface area (TPSA) is 96.4 Å². The number of rotatable bonds is 5. The highest BCUT2D eigenvalue weighted by molar-refractivity contribution is 7.92. The molecule has 4 aromatic rings. The van der Waals surface area contributed by atoms with Crippen LogP contribution in [-0.4, -0.2) is 24.5 Å². The molecule has 0 aliphatic heterocycles. The monoisotopic (exact) mass is 424 g/mol. The number of aromatic carboxylic acids is 1. The summed E-state index contributed by atoms with van der Waals surface area (Å²) in [5, 5.41) is 9.91. The van der Waals surface area contributed by atoms with Gasteiger partial charge in [0, 0.05) is 11.3 Å². The van der Waals surface area contributed by atoms with Gasteiger partial charge in [0.1, 0.15) is 5.01 Å². The lowest BCUT2D eigenvalue weighted by Gasteiger charge is -2.09. The van der Waals surface area contributed by atoms with Crippen LogP contribution in [0.25, 0.3) is 20.8 Å². The number of sulfonamides is 1. The van der Waals surface area contributed by atoms with Gasteiger partial charge in [-0.2, -0.15) is 0 Å². The molecule has 0 spiro atoms. The lowest BCUT2D eigenvalue weighted by atomic mass is 10.2. The molecule has 1 heterocycles. The van der Waals surface area contributed by atoms with Gasteiger partial charge in [0.05, 0.1) is 20.7 Å². The maximum atomic E-state index is 12.6. The molecular formula is C21H16N2O4S2. The average molecular weight is 425 g/mol. The van der Waals surface area contributed by atoms with Crippen LogP contribution in [0.2, 0.25) is 0 Å². The van der Waals surface area contributed by atoms with E-state index in [2.05, 4.69) is 15.8 Å². The molecule has 0 aliphatic rings. The number of hydrogen-bond acceptors (Lipinski definition) is 5. The summed E-state index contributed by atoms with van der Waals surface area (Å²) in [7, 11) is -3.90. The molecular weight excluding hydrogens is 408 g/mol. The van der Waals surface area contributed by atoms with Crippen molar-refractivity contribution in [1.29, 1.82) is 0 Å². The van der Waals surface area contributed by atoms with Crippen LogP contribution < -0.4 is 4.72 Å². The van der Waals surface area contributed by atoms with Gasteiger partial charge in [-0.3, -0.25) is 4.72 Å². The standard InChI is InChI=1S/C21H16N2O4S2/c1-13-5-10-18-19(11-13)28-20(22-18)14-6-8-16(9-7-14)23-29(26,27)17-4-2-3-15(12-17)21(24)25/h2-12,23H,1H3,(H,24,25). The minimum absolute atomic E-state index is 0.0886. The van der Waals surface area contributed by atoms with Crippen LogP contribution in [0.1, 0.15) is 15.9 Å². The van der Waals surface area contributed by atoms with Crippen molar-refractivity contribution in [1.82, 2.24) is 4.98 Å². The van der Waals surface area contributed by atoms with Crippen molar-refractivity contribution in [3.8, 4) is 10.6 Å². The Morgan fingerprint density at radius 2 is 1.79 bits per heavy atom. The zero-order chi connectivity index (χ0) is 20.6. The summed E-state index contributed by atoms with van der Waals surface area (Å²) in [5.74, 6) is -1.18. The molecule has 29 heavy (non-hydrogen) atoms. The molecule has 0 radical (unpaired) electrons. The fourth-order valence-corrected chi connectivity index (χ4v) is 5.02. The summed E-state index contributed by atoms with van der Waals surface area (Å²) in [6, 6.07) is 18.2. The molecule has 3 aromatic carbocycles. The summed E-state index contributed by atoms with van der Waals surface area (Å²) < 4.78 is 28.7. The smallest absolute Gasteiger partial charge is 0.335 e. The van der Waals surface area contributed by atoms with Crippen molar-refractivity contribution >= 4 is 43.2 Å². The Hall–Kier alpha value is -3.23. The zero-order valence-corrected chi connectivity index (χ0v) is 16.9. The van der Waals surface area contributed by atoms with E-state index in [4.69, 9.17) is 5.11 Å². The summed E-state index contributed by atoms with van der Waals surface area (Å²) in [5.41, 5.74) is 3.28. The SMILES string of the molecule is Cc1ccc2nc(-c3ccc(NS(=O)(=O)c4cccc(C(=O)O)c4)cc3)sc2c1. The van der Waals surface area contributed by atoms with Gasteiger partial charge in [0.2, 0.25) is 0 Å². The third-order valence-electron chi connectivity index (χ3n) is 4.32. The average Bonchev–Trinajstić information content (AvgIpc) is 3.11. The number of aromatic nitrogens is 1. The number of carboxylic acids is 1. The maximum Gasteiger partial charge on any atom is 0.335 e. The first-order chi connectivity index (χ1) is 13.8. The minimum atomic E-state index is -3.90. The second-order valence-corrected chi connectivity index (χ2v) is 9.22. The van der Waals surface area contributed by atoms with E-state index in [1.165, 1.54) is 23.8 Å². The first-order valence-corrected chi connectivity index (χ1v) is 11.0. The zero-order valence-electron chi connectivity index (χ0n) is 15.3. The molecule has 4 rings (SSSR count). The highest BCUT2D eigenvalue weighted by atomic mass is 32.2. The predicted molar refractivity (Wildman–Crippen MR) is 114 cm³/mol. The fraction of sp³-hybridized carbons (Fsp3) is 0.0476. The van der Waals surface area contributed by atoms with Crippen molar-refractivity contribution in [2.75, 3.05) is 4.72 Å². The molecule has 0 atom stereocenters. The van der Waals surface area contributed by atoms with Gasteiger partial charge in [-0.1, -0.05) is 12.1 Å². The highest BCUT2D eigenvalue weighted by Gasteiger charge is 2.16. The van der Waals surface area contributed by atoms with Gasteiger partial charge in [-0.15, -0.1) is 11.3 Å². The Labute approximate surface area is 171 Å². The summed E-state index contributed by atoms with van der Waals surface area (Å²) in [4.78, 5) is 15.6. The molecule has 0 aliphatic carbocycles. The lowest BCUT2D eigenvalue weighted by molar-refractivity contribution is 0.0696. The van der Waals surface area contributed by atoms with Crippen LogP contribution in [0.3, 0.4) is 0 Å². The molecule has 146 valence electrons. The molecule has 0 saturated carbocycles. The predicted octanol–water partition coefficient (Wildman–Crippen LogP) is 4.77. The van der Waals surface area contributed by atoms with Gasteiger partial charge in [-0.25, -0.2) is 18.2 Å². The van der Waals surface area contributed by atoms with Crippen molar-refractivity contribution in [2.45, 2.75) is 11.8 Å². The Bertz CT molecular complexity index is 1330. The Morgan fingerprint density at radius 3 is 2.52 bits per heavy atom. The minimum Gasteiger partial charge on any atom is -0.478 e. The summed E-state index contributed by atoms with van der Waals surface area (Å²) in [6.07, 6.45) is 0. The van der Waals surface area contributed by atoms with E-state index in [1.54, 1.807) is 35.6 Å². The number of aryl methyl sites for hydroxylation is 1. The maximum absolute atomic E-state index is 12.6. The fourth-order valence-electron chi connectivity index (χ4n) is 2.85. The van der Waals surface area contributed by atoms with E-state index in [0.29, 0.717) is 5.69 Å². The summed E-state index contributed by atoms with van der Waals surface area (Å²) >= 11 is 1.58. The van der Waals surface area contributed by atoms with Crippen molar-refractivity contribution in [3.63, 3.8) is 0 Å². The number of hydrogen-bond donors (Lipinski definition) is 2. The van der Waals surface area contributed by atoms with E-state index in [0.717, 1.165) is 26.9 Å². The Balaban J connectivity index is 1.59. The van der Waals surface area contributed by atoms with Crippen LogP contribution >= 0.6 is 11.3 Å². The largest absolute Gasteiger partial charge is 0.478 e. The number of nitrogens with zero attached hydrogens (tertiary/aromatic N) is 1. The lowest BCUT2D eigenvalue weighted by Crippen LogP contribution is -2.13. The van der Waals surface area contributed by atoms with Crippen molar-refractivity contribution in [3.05, 3.63) is 77.9 Å². The Kier molecular flexibility index (Phi) is 4.81. The van der Waals surface area contributed by atoms with E-state index in [-0.39, 0.29) is 10.5 Å². The van der Waals surface area contributed by atoms with Crippen molar-refractivity contribution in [2.24, 2.45) is 0 Å². The van der Waals surface area contributed by atoms with Gasteiger partial charge >= 0.3 is 5.97 Å². The molecule has 1 aromatic heterocycles. The van der Waals surface area contributed by atoms with Gasteiger partial charge in [0.15, 0.2) is 0 Å². The van der Waals surface area contributed by atoms with E-state index in [9.17, 15) is 13.2 Å². The van der Waals surface area contributed by atoms with Gasteiger partial charge < -0.3 is 5.11 Å². The quantitative estimate of drug-likeness (QED) is 0.481. The van der Waals surface area contributed by atoms with E-state index in [1.807, 2.05) is 19.1 Å². The van der Waals surface area contributed by atoms with E-state index < -0.39 is 16.0 Å². The van der Waals surface area contributed by atoms with Crippen LogP contribution in [0, 0.1) is 6.92 Å². The molecule has 0 fully saturated rings. The molecule has 0 bridgehead atoms. The number of thiazole rings is 1. The number of benzene rings is 3. The van der Waals surface area contributed by atoms with Crippen LogP contribution in [0.5, 0.6) is 0 Å². The summed E-state index contributed by atoms with van der Waals surface area (Å²) in [6.45, 7) is 2.03. The number of anilines is 1. The molecule has 0 saturated heterocycles. The molecule has 8 heteroatoms. The van der Waals surface area contributed by atoms with E-state index >= 15 is 0 Å². The normalized spacial score (nSPS) is 11.5. The third-order valence-corrected chi connectivity index (χ3v) is 6.77.